The van der Waals surface area contributed by atoms with Gasteiger partial charge in [-0.2, -0.15) is 0 Å². The molecule has 136 valence electrons. The molecule has 0 aliphatic carbocycles. The number of fused-ring (bicyclic) bond motifs is 2. The number of benzene rings is 2. The molecule has 3 heterocycles. The van der Waals surface area contributed by atoms with Crippen molar-refractivity contribution in [1.29, 1.82) is 0 Å². The standard InChI is InChI=1S/C21H20N4O2/c26-21(25-10-9-15-5-1-4-8-18(15)25)19-14-24(11-12-27-19)20-13-22-16-6-2-3-7-17(16)23-20/h1-8,13,19H,9-12,14H2. The van der Waals surface area contributed by atoms with Gasteiger partial charge in [0.1, 0.15) is 5.82 Å². The van der Waals surface area contributed by atoms with E-state index in [-0.39, 0.29) is 5.91 Å². The molecule has 2 aliphatic heterocycles. The average molecular weight is 360 g/mol. The van der Waals surface area contributed by atoms with Crippen molar-refractivity contribution in [2.45, 2.75) is 12.5 Å². The maximum Gasteiger partial charge on any atom is 0.257 e. The number of carbonyl (C=O) groups is 1. The number of amides is 1. The van der Waals surface area contributed by atoms with Crippen molar-refractivity contribution in [2.24, 2.45) is 0 Å². The topological polar surface area (TPSA) is 58.6 Å². The molecule has 1 amide bonds. The molecule has 1 fully saturated rings. The van der Waals surface area contributed by atoms with E-state index in [4.69, 9.17) is 9.72 Å². The van der Waals surface area contributed by atoms with Gasteiger partial charge in [0.05, 0.1) is 30.4 Å². The van der Waals surface area contributed by atoms with Gasteiger partial charge in [-0.05, 0) is 30.2 Å². The molecule has 1 atom stereocenters. The molecule has 1 saturated heterocycles. The van der Waals surface area contributed by atoms with Crippen LogP contribution in [0.25, 0.3) is 11.0 Å². The second-order valence-electron chi connectivity index (χ2n) is 6.89. The fourth-order valence-corrected chi connectivity index (χ4v) is 3.85. The highest BCUT2D eigenvalue weighted by Crippen LogP contribution is 2.29. The Kier molecular flexibility index (Phi) is 3.98. The van der Waals surface area contributed by atoms with Crippen LogP contribution < -0.4 is 9.80 Å². The van der Waals surface area contributed by atoms with E-state index in [0.29, 0.717) is 26.2 Å². The highest BCUT2D eigenvalue weighted by atomic mass is 16.5. The van der Waals surface area contributed by atoms with Crippen molar-refractivity contribution in [3.05, 3.63) is 60.3 Å². The average Bonchev–Trinajstić information content (AvgIpc) is 3.17. The zero-order valence-electron chi connectivity index (χ0n) is 14.9. The molecule has 0 N–H and O–H groups in total. The van der Waals surface area contributed by atoms with E-state index in [2.05, 4.69) is 16.0 Å². The minimum absolute atomic E-state index is 0.0263. The monoisotopic (exact) mass is 360 g/mol. The van der Waals surface area contributed by atoms with Crippen LogP contribution >= 0.6 is 0 Å². The van der Waals surface area contributed by atoms with E-state index in [1.165, 1.54) is 5.56 Å². The summed E-state index contributed by atoms with van der Waals surface area (Å²) in [6.07, 6.45) is 2.19. The molecular weight excluding hydrogens is 340 g/mol. The number of para-hydroxylation sites is 3. The highest BCUT2D eigenvalue weighted by molar-refractivity contribution is 5.98. The van der Waals surface area contributed by atoms with Crippen LogP contribution in [0.5, 0.6) is 0 Å². The maximum atomic E-state index is 13.1. The summed E-state index contributed by atoms with van der Waals surface area (Å²) < 4.78 is 5.83. The first-order valence-corrected chi connectivity index (χ1v) is 9.27. The van der Waals surface area contributed by atoms with Gasteiger partial charge in [-0.25, -0.2) is 4.98 Å². The number of carbonyl (C=O) groups excluding carboxylic acids is 1. The molecule has 2 aliphatic rings. The van der Waals surface area contributed by atoms with Gasteiger partial charge in [-0.15, -0.1) is 0 Å². The molecule has 1 aromatic heterocycles. The quantitative estimate of drug-likeness (QED) is 0.702. The summed E-state index contributed by atoms with van der Waals surface area (Å²) in [5.41, 5.74) is 3.96. The minimum atomic E-state index is -0.488. The summed E-state index contributed by atoms with van der Waals surface area (Å²) >= 11 is 0. The Balaban J connectivity index is 1.37. The molecule has 0 spiro atoms. The summed E-state index contributed by atoms with van der Waals surface area (Å²) in [6.45, 7) is 2.41. The third kappa shape index (κ3) is 2.92. The number of aromatic nitrogens is 2. The van der Waals surface area contributed by atoms with Crippen LogP contribution in [-0.2, 0) is 16.0 Å². The van der Waals surface area contributed by atoms with Crippen LogP contribution in [0.1, 0.15) is 5.56 Å². The number of ether oxygens (including phenoxy) is 1. The Hall–Kier alpha value is -2.99. The third-order valence-electron chi connectivity index (χ3n) is 5.25. The molecule has 6 heteroatoms. The SMILES string of the molecule is O=C(C1CN(c2cnc3ccccc3n2)CCO1)N1CCc2ccccc21. The minimum Gasteiger partial charge on any atom is -0.365 e. The number of nitrogens with zero attached hydrogens (tertiary/aromatic N) is 4. The van der Waals surface area contributed by atoms with Gasteiger partial charge < -0.3 is 14.5 Å². The van der Waals surface area contributed by atoms with Crippen LogP contribution in [0, 0.1) is 0 Å². The normalized spacial score (nSPS) is 19.3. The van der Waals surface area contributed by atoms with E-state index in [1.54, 1.807) is 6.20 Å². The number of hydrogen-bond acceptors (Lipinski definition) is 5. The summed E-state index contributed by atoms with van der Waals surface area (Å²) in [7, 11) is 0. The van der Waals surface area contributed by atoms with Crippen molar-refractivity contribution >= 4 is 28.4 Å². The first kappa shape index (κ1) is 16.2. The van der Waals surface area contributed by atoms with E-state index < -0.39 is 6.10 Å². The second kappa shape index (κ2) is 6.63. The molecule has 5 rings (SSSR count). The van der Waals surface area contributed by atoms with Gasteiger partial charge in [0.2, 0.25) is 0 Å². The van der Waals surface area contributed by atoms with E-state index >= 15 is 0 Å². The first-order valence-electron chi connectivity index (χ1n) is 9.27. The smallest absolute Gasteiger partial charge is 0.257 e. The summed E-state index contributed by atoms with van der Waals surface area (Å²) in [6, 6.07) is 15.9. The Morgan fingerprint density at radius 2 is 1.85 bits per heavy atom. The molecule has 0 saturated carbocycles. The van der Waals surface area contributed by atoms with Crippen molar-refractivity contribution in [1.82, 2.24) is 9.97 Å². The molecule has 1 unspecified atom stereocenters. The van der Waals surface area contributed by atoms with Gasteiger partial charge in [0.25, 0.3) is 5.91 Å². The van der Waals surface area contributed by atoms with Crippen LogP contribution in [0.4, 0.5) is 11.5 Å². The molecule has 6 nitrogen and oxygen atoms in total. The second-order valence-corrected chi connectivity index (χ2v) is 6.89. The summed E-state index contributed by atoms with van der Waals surface area (Å²) in [4.78, 5) is 26.2. The first-order chi connectivity index (χ1) is 13.3. The molecule has 27 heavy (non-hydrogen) atoms. The van der Waals surface area contributed by atoms with Crippen molar-refractivity contribution in [2.75, 3.05) is 36.0 Å². The Morgan fingerprint density at radius 1 is 1.04 bits per heavy atom. The number of hydrogen-bond donors (Lipinski definition) is 0. The van der Waals surface area contributed by atoms with Crippen molar-refractivity contribution in [3.63, 3.8) is 0 Å². The molecular formula is C21H20N4O2. The van der Waals surface area contributed by atoms with Crippen molar-refractivity contribution in [3.8, 4) is 0 Å². The lowest BCUT2D eigenvalue weighted by atomic mass is 10.2. The predicted molar refractivity (Wildman–Crippen MR) is 104 cm³/mol. The Labute approximate surface area is 157 Å². The van der Waals surface area contributed by atoms with Crippen LogP contribution in [0.15, 0.2) is 54.7 Å². The molecule has 2 aromatic carbocycles. The fourth-order valence-electron chi connectivity index (χ4n) is 3.85. The van der Waals surface area contributed by atoms with Gasteiger partial charge in [-0.1, -0.05) is 30.3 Å². The number of anilines is 2. The molecule has 0 radical (unpaired) electrons. The largest absolute Gasteiger partial charge is 0.365 e. The lowest BCUT2D eigenvalue weighted by Crippen LogP contribution is -2.51. The van der Waals surface area contributed by atoms with Gasteiger partial charge in [-0.3, -0.25) is 9.78 Å². The van der Waals surface area contributed by atoms with Crippen LogP contribution in [0.2, 0.25) is 0 Å². The number of morpholine rings is 1. The van der Waals surface area contributed by atoms with E-state index in [1.807, 2.05) is 47.4 Å². The van der Waals surface area contributed by atoms with Gasteiger partial charge >= 0.3 is 0 Å². The Morgan fingerprint density at radius 3 is 2.78 bits per heavy atom. The van der Waals surface area contributed by atoms with Gasteiger partial charge in [0.15, 0.2) is 6.10 Å². The molecule has 0 bridgehead atoms. The third-order valence-corrected chi connectivity index (χ3v) is 5.25. The number of rotatable bonds is 2. The van der Waals surface area contributed by atoms with Crippen molar-refractivity contribution < 1.29 is 9.53 Å². The van der Waals surface area contributed by atoms with Crippen LogP contribution in [0.3, 0.4) is 0 Å². The van der Waals surface area contributed by atoms with E-state index in [0.717, 1.165) is 29.0 Å². The summed E-state index contributed by atoms with van der Waals surface area (Å²) in [5.74, 6) is 0.815. The fraction of sp³-hybridized carbons (Fsp3) is 0.286. The zero-order chi connectivity index (χ0) is 18.2. The van der Waals surface area contributed by atoms with E-state index in [9.17, 15) is 4.79 Å². The summed E-state index contributed by atoms with van der Waals surface area (Å²) in [5, 5.41) is 0. The maximum absolute atomic E-state index is 13.1. The Bertz CT molecular complexity index is 1010. The molecule has 3 aromatic rings. The lowest BCUT2D eigenvalue weighted by molar-refractivity contribution is -0.130. The zero-order valence-corrected chi connectivity index (χ0v) is 14.9. The highest BCUT2D eigenvalue weighted by Gasteiger charge is 2.34. The predicted octanol–water partition coefficient (Wildman–Crippen LogP) is 2.42. The lowest BCUT2D eigenvalue weighted by Gasteiger charge is -2.34. The van der Waals surface area contributed by atoms with Crippen LogP contribution in [-0.4, -0.2) is 48.2 Å². The van der Waals surface area contributed by atoms with Gasteiger partial charge in [0, 0.05) is 18.8 Å².